The van der Waals surface area contributed by atoms with Crippen LogP contribution in [0.1, 0.15) is 18.5 Å². The SMILES string of the molecule is Cc1cc[n+](C(C)C=O)cc1. The quantitative estimate of drug-likeness (QED) is 0.456. The van der Waals surface area contributed by atoms with Crippen molar-refractivity contribution in [3.05, 3.63) is 30.1 Å². The fourth-order valence-corrected chi connectivity index (χ4v) is 0.854. The van der Waals surface area contributed by atoms with Crippen LogP contribution >= 0.6 is 0 Å². The molecule has 0 spiro atoms. The Balaban J connectivity index is 2.89. The third kappa shape index (κ3) is 1.87. The summed E-state index contributed by atoms with van der Waals surface area (Å²) in [6, 6.07) is 3.91. The van der Waals surface area contributed by atoms with Gasteiger partial charge in [0.1, 0.15) is 0 Å². The Morgan fingerprint density at radius 2 is 2.00 bits per heavy atom. The lowest BCUT2D eigenvalue weighted by Gasteiger charge is -1.97. The van der Waals surface area contributed by atoms with Crippen LogP contribution < -0.4 is 4.57 Å². The standard InChI is InChI=1S/C9H12NO/c1-8-3-5-10(6-4-8)9(2)7-11/h3-7,9H,1-2H3/q+1. The Bertz CT molecular complexity index is 240. The largest absolute Gasteiger partial charge is 0.296 e. The van der Waals surface area contributed by atoms with Crippen molar-refractivity contribution in [1.29, 1.82) is 0 Å². The molecule has 0 aliphatic rings. The molecule has 1 heterocycles. The molecule has 1 atom stereocenters. The molecule has 1 aromatic rings. The molecule has 11 heavy (non-hydrogen) atoms. The lowest BCUT2D eigenvalue weighted by Crippen LogP contribution is -2.37. The fraction of sp³-hybridized carbons (Fsp3) is 0.333. The van der Waals surface area contributed by atoms with Gasteiger partial charge in [0, 0.05) is 19.1 Å². The third-order valence-corrected chi connectivity index (χ3v) is 1.69. The monoisotopic (exact) mass is 150 g/mol. The number of rotatable bonds is 2. The number of nitrogens with zero attached hydrogens (tertiary/aromatic N) is 1. The highest BCUT2D eigenvalue weighted by Gasteiger charge is 2.07. The van der Waals surface area contributed by atoms with E-state index >= 15 is 0 Å². The summed E-state index contributed by atoms with van der Waals surface area (Å²) < 4.78 is 1.88. The first-order valence-corrected chi connectivity index (χ1v) is 3.66. The number of carbonyl (C=O) groups excluding carboxylic acids is 1. The average Bonchev–Trinajstić information content (AvgIpc) is 2.05. The van der Waals surface area contributed by atoms with Crippen LogP contribution in [0.5, 0.6) is 0 Å². The van der Waals surface area contributed by atoms with Gasteiger partial charge in [-0.25, -0.2) is 0 Å². The van der Waals surface area contributed by atoms with Crippen molar-refractivity contribution in [3.63, 3.8) is 0 Å². The molecule has 0 bridgehead atoms. The summed E-state index contributed by atoms with van der Waals surface area (Å²) in [5.41, 5.74) is 1.21. The molecule has 1 rings (SSSR count). The Morgan fingerprint density at radius 3 is 2.45 bits per heavy atom. The van der Waals surface area contributed by atoms with E-state index in [0.717, 1.165) is 6.29 Å². The van der Waals surface area contributed by atoms with Crippen molar-refractivity contribution in [1.82, 2.24) is 0 Å². The van der Waals surface area contributed by atoms with Gasteiger partial charge in [0.05, 0.1) is 0 Å². The Kier molecular flexibility index (Phi) is 2.36. The third-order valence-electron chi connectivity index (χ3n) is 1.69. The summed E-state index contributed by atoms with van der Waals surface area (Å²) >= 11 is 0. The molecule has 1 aromatic heterocycles. The molecule has 0 radical (unpaired) electrons. The molecule has 0 saturated carbocycles. The van der Waals surface area contributed by atoms with E-state index in [4.69, 9.17) is 0 Å². The van der Waals surface area contributed by atoms with Gasteiger partial charge < -0.3 is 0 Å². The van der Waals surface area contributed by atoms with Crippen LogP contribution in [0.3, 0.4) is 0 Å². The lowest BCUT2D eigenvalue weighted by atomic mass is 10.3. The van der Waals surface area contributed by atoms with Gasteiger partial charge in [-0.3, -0.25) is 4.79 Å². The molecule has 0 amide bonds. The van der Waals surface area contributed by atoms with Crippen LogP contribution in [0, 0.1) is 6.92 Å². The number of hydrogen-bond donors (Lipinski definition) is 0. The summed E-state index contributed by atoms with van der Waals surface area (Å²) in [5, 5.41) is 0. The van der Waals surface area contributed by atoms with E-state index in [0.29, 0.717) is 0 Å². The number of hydrogen-bond acceptors (Lipinski definition) is 1. The van der Waals surface area contributed by atoms with Crippen LogP contribution in [0.15, 0.2) is 24.5 Å². The highest BCUT2D eigenvalue weighted by atomic mass is 16.1. The zero-order valence-electron chi connectivity index (χ0n) is 6.82. The first kappa shape index (κ1) is 7.92. The molecule has 0 fully saturated rings. The first-order valence-electron chi connectivity index (χ1n) is 3.66. The van der Waals surface area contributed by atoms with Gasteiger partial charge in [-0.15, -0.1) is 0 Å². The molecule has 0 aromatic carbocycles. The molecule has 1 unspecified atom stereocenters. The number of carbonyl (C=O) groups is 1. The summed E-state index contributed by atoms with van der Waals surface area (Å²) in [7, 11) is 0. The zero-order valence-corrected chi connectivity index (χ0v) is 6.82. The van der Waals surface area contributed by atoms with Gasteiger partial charge in [0.2, 0.25) is 6.04 Å². The highest BCUT2D eigenvalue weighted by molar-refractivity contribution is 5.52. The van der Waals surface area contributed by atoms with Crippen LogP contribution in [-0.2, 0) is 4.79 Å². The van der Waals surface area contributed by atoms with Crippen LogP contribution in [-0.4, -0.2) is 6.29 Å². The molecular weight excluding hydrogens is 138 g/mol. The van der Waals surface area contributed by atoms with Crippen molar-refractivity contribution in [3.8, 4) is 0 Å². The summed E-state index contributed by atoms with van der Waals surface area (Å²) in [5.74, 6) is 0. The maximum Gasteiger partial charge on any atom is 0.210 e. The van der Waals surface area contributed by atoms with E-state index < -0.39 is 0 Å². The van der Waals surface area contributed by atoms with Crippen LogP contribution in [0.25, 0.3) is 0 Å². The van der Waals surface area contributed by atoms with Crippen molar-refractivity contribution in [2.24, 2.45) is 0 Å². The Labute approximate surface area is 66.5 Å². The topological polar surface area (TPSA) is 20.9 Å². The predicted octanol–water partition coefficient (Wildman–Crippen LogP) is 1.04. The fourth-order valence-electron chi connectivity index (χ4n) is 0.854. The second-order valence-electron chi connectivity index (χ2n) is 2.70. The molecule has 0 N–H and O–H groups in total. The lowest BCUT2D eigenvalue weighted by molar-refractivity contribution is -0.704. The number of aromatic nitrogens is 1. The molecule has 58 valence electrons. The molecular formula is C9H12NO+. The van der Waals surface area contributed by atoms with Crippen LogP contribution in [0.2, 0.25) is 0 Å². The Hall–Kier alpha value is -1.18. The second kappa shape index (κ2) is 3.28. The van der Waals surface area contributed by atoms with Crippen molar-refractivity contribution >= 4 is 6.29 Å². The molecule has 0 aliphatic carbocycles. The van der Waals surface area contributed by atoms with E-state index in [1.165, 1.54) is 5.56 Å². The smallest absolute Gasteiger partial charge is 0.210 e. The number of pyridine rings is 1. The van der Waals surface area contributed by atoms with Gasteiger partial charge in [-0.2, -0.15) is 4.57 Å². The minimum atomic E-state index is -0.0596. The maximum absolute atomic E-state index is 10.4. The Morgan fingerprint density at radius 1 is 1.45 bits per heavy atom. The molecule has 2 heteroatoms. The highest BCUT2D eigenvalue weighted by Crippen LogP contribution is 1.93. The molecule has 0 aliphatic heterocycles. The zero-order chi connectivity index (χ0) is 8.27. The maximum atomic E-state index is 10.4. The van der Waals surface area contributed by atoms with Gasteiger partial charge in [0.25, 0.3) is 0 Å². The van der Waals surface area contributed by atoms with Gasteiger partial charge >= 0.3 is 0 Å². The normalized spacial score (nSPS) is 12.5. The first-order chi connectivity index (χ1) is 5.24. The predicted molar refractivity (Wildman–Crippen MR) is 42.1 cm³/mol. The van der Waals surface area contributed by atoms with E-state index in [1.807, 2.05) is 42.9 Å². The van der Waals surface area contributed by atoms with E-state index in [1.54, 1.807) is 0 Å². The van der Waals surface area contributed by atoms with Gasteiger partial charge in [0.15, 0.2) is 18.7 Å². The summed E-state index contributed by atoms with van der Waals surface area (Å²) in [4.78, 5) is 10.4. The number of aldehydes is 1. The minimum Gasteiger partial charge on any atom is -0.296 e. The molecule has 0 saturated heterocycles. The van der Waals surface area contributed by atoms with E-state index in [2.05, 4.69) is 0 Å². The van der Waals surface area contributed by atoms with Crippen molar-refractivity contribution in [2.45, 2.75) is 19.9 Å². The van der Waals surface area contributed by atoms with Crippen LogP contribution in [0.4, 0.5) is 0 Å². The van der Waals surface area contributed by atoms with Crippen molar-refractivity contribution < 1.29 is 9.36 Å². The minimum absolute atomic E-state index is 0.0596. The summed E-state index contributed by atoms with van der Waals surface area (Å²) in [6.07, 6.45) is 4.75. The van der Waals surface area contributed by atoms with Gasteiger partial charge in [-0.1, -0.05) is 0 Å². The summed E-state index contributed by atoms with van der Waals surface area (Å²) in [6.45, 7) is 3.89. The van der Waals surface area contributed by atoms with Crippen molar-refractivity contribution in [2.75, 3.05) is 0 Å². The molecule has 2 nitrogen and oxygen atoms in total. The number of aryl methyl sites for hydroxylation is 1. The average molecular weight is 150 g/mol. The van der Waals surface area contributed by atoms with E-state index in [9.17, 15) is 4.79 Å². The van der Waals surface area contributed by atoms with Gasteiger partial charge in [-0.05, 0) is 12.5 Å². The second-order valence-corrected chi connectivity index (χ2v) is 2.70. The van der Waals surface area contributed by atoms with E-state index in [-0.39, 0.29) is 6.04 Å².